The van der Waals surface area contributed by atoms with Gasteiger partial charge in [-0.15, -0.1) is 0 Å². The zero-order valence-electron chi connectivity index (χ0n) is 9.76. The molecule has 1 atom stereocenters. The molecule has 0 radical (unpaired) electrons. The van der Waals surface area contributed by atoms with Crippen molar-refractivity contribution in [3.8, 4) is 0 Å². The lowest BCUT2D eigenvalue weighted by Crippen LogP contribution is -2.37. The van der Waals surface area contributed by atoms with Crippen LogP contribution in [0.3, 0.4) is 0 Å². The Kier molecular flexibility index (Phi) is 4.07. The molecule has 0 aliphatic heterocycles. The number of nitrogens with two attached hydrogens (primary N) is 1. The van der Waals surface area contributed by atoms with E-state index in [1.165, 1.54) is 31.0 Å². The van der Waals surface area contributed by atoms with Gasteiger partial charge in [0.05, 0.1) is 0 Å². The fourth-order valence-electron chi connectivity index (χ4n) is 2.06. The number of halogens is 2. The van der Waals surface area contributed by atoms with Crippen LogP contribution in [-0.4, -0.2) is 6.04 Å². The number of rotatable bonds is 6. The van der Waals surface area contributed by atoms with Crippen molar-refractivity contribution >= 4 is 0 Å². The van der Waals surface area contributed by atoms with Crippen LogP contribution in [-0.2, 0) is 6.42 Å². The third-order valence-corrected chi connectivity index (χ3v) is 3.37. The summed E-state index contributed by atoms with van der Waals surface area (Å²) in [6.07, 6.45) is 4.83. The summed E-state index contributed by atoms with van der Waals surface area (Å²) >= 11 is 0. The first-order valence-corrected chi connectivity index (χ1v) is 6.09. The highest BCUT2D eigenvalue weighted by Gasteiger charge is 2.23. The van der Waals surface area contributed by atoms with Gasteiger partial charge < -0.3 is 0 Å². The number of hydrogen-bond acceptors (Lipinski definition) is 2. The van der Waals surface area contributed by atoms with E-state index in [0.717, 1.165) is 18.8 Å². The minimum Gasteiger partial charge on any atom is -0.271 e. The molecule has 1 aromatic rings. The van der Waals surface area contributed by atoms with Gasteiger partial charge >= 0.3 is 0 Å². The van der Waals surface area contributed by atoms with E-state index in [4.69, 9.17) is 5.84 Å². The first-order chi connectivity index (χ1) is 8.20. The molecular formula is C13H18F2N2. The molecule has 4 heteroatoms. The number of benzene rings is 1. The maximum atomic E-state index is 13.4. The van der Waals surface area contributed by atoms with Crippen LogP contribution in [0.25, 0.3) is 0 Å². The lowest BCUT2D eigenvalue weighted by molar-refractivity contribution is 0.443. The predicted molar refractivity (Wildman–Crippen MR) is 63.1 cm³/mol. The van der Waals surface area contributed by atoms with E-state index < -0.39 is 11.6 Å². The first kappa shape index (κ1) is 12.5. The van der Waals surface area contributed by atoms with Crippen LogP contribution in [0.1, 0.15) is 31.2 Å². The molecule has 0 bridgehead atoms. The van der Waals surface area contributed by atoms with Crippen LogP contribution in [0.2, 0.25) is 0 Å². The van der Waals surface area contributed by atoms with E-state index in [-0.39, 0.29) is 11.6 Å². The minimum atomic E-state index is -0.489. The average Bonchev–Trinajstić information content (AvgIpc) is 3.12. The minimum absolute atomic E-state index is 0.0537. The molecule has 1 aliphatic carbocycles. The SMILES string of the molecule is NNC(CCC1CC1)Cc1c(F)cccc1F. The Labute approximate surface area is 100 Å². The fraction of sp³-hybridized carbons (Fsp3) is 0.538. The Morgan fingerprint density at radius 2 is 1.94 bits per heavy atom. The smallest absolute Gasteiger partial charge is 0.129 e. The molecule has 1 aromatic carbocycles. The summed E-state index contributed by atoms with van der Waals surface area (Å²) < 4.78 is 26.9. The Morgan fingerprint density at radius 1 is 1.29 bits per heavy atom. The normalized spacial score (nSPS) is 17.1. The summed E-state index contributed by atoms with van der Waals surface area (Å²) in [5, 5.41) is 0. The molecule has 3 N–H and O–H groups in total. The predicted octanol–water partition coefficient (Wildman–Crippen LogP) is 2.53. The van der Waals surface area contributed by atoms with E-state index >= 15 is 0 Å². The molecule has 0 spiro atoms. The molecule has 2 nitrogen and oxygen atoms in total. The standard InChI is InChI=1S/C13H18F2N2/c14-12-2-1-3-13(15)11(12)8-10(17-16)7-6-9-4-5-9/h1-3,9-10,17H,4-8,16H2. The topological polar surface area (TPSA) is 38.0 Å². The van der Waals surface area contributed by atoms with Crippen molar-refractivity contribution < 1.29 is 8.78 Å². The molecular weight excluding hydrogens is 222 g/mol. The molecule has 1 fully saturated rings. The van der Waals surface area contributed by atoms with Gasteiger partial charge in [0.1, 0.15) is 11.6 Å². The third-order valence-electron chi connectivity index (χ3n) is 3.37. The maximum absolute atomic E-state index is 13.4. The van der Waals surface area contributed by atoms with Crippen molar-refractivity contribution in [2.24, 2.45) is 11.8 Å². The lowest BCUT2D eigenvalue weighted by atomic mass is 10.00. The number of nitrogens with one attached hydrogen (secondary N) is 1. The van der Waals surface area contributed by atoms with Crippen LogP contribution in [0, 0.1) is 17.6 Å². The molecule has 0 amide bonds. The van der Waals surface area contributed by atoms with Crippen LogP contribution < -0.4 is 11.3 Å². The monoisotopic (exact) mass is 240 g/mol. The van der Waals surface area contributed by atoms with Gasteiger partial charge in [-0.2, -0.15) is 0 Å². The molecule has 1 aliphatic rings. The van der Waals surface area contributed by atoms with Gasteiger partial charge in [-0.1, -0.05) is 18.9 Å². The fourth-order valence-corrected chi connectivity index (χ4v) is 2.06. The summed E-state index contributed by atoms with van der Waals surface area (Å²) in [5.74, 6) is 5.26. The van der Waals surface area contributed by atoms with Gasteiger partial charge in [0, 0.05) is 11.6 Å². The zero-order chi connectivity index (χ0) is 12.3. The quantitative estimate of drug-likeness (QED) is 0.592. The molecule has 2 rings (SSSR count). The maximum Gasteiger partial charge on any atom is 0.129 e. The Bertz CT molecular complexity index is 357. The lowest BCUT2D eigenvalue weighted by Gasteiger charge is -2.16. The summed E-state index contributed by atoms with van der Waals surface area (Å²) in [4.78, 5) is 0. The second-order valence-electron chi connectivity index (χ2n) is 4.79. The van der Waals surface area contributed by atoms with Gasteiger partial charge in [0.15, 0.2) is 0 Å². The van der Waals surface area contributed by atoms with Crippen molar-refractivity contribution in [3.05, 3.63) is 35.4 Å². The van der Waals surface area contributed by atoms with Crippen LogP contribution >= 0.6 is 0 Å². The van der Waals surface area contributed by atoms with Crippen molar-refractivity contribution in [2.75, 3.05) is 0 Å². The van der Waals surface area contributed by atoms with Crippen LogP contribution in [0.4, 0.5) is 8.78 Å². The molecule has 94 valence electrons. The Balaban J connectivity index is 1.96. The molecule has 1 unspecified atom stereocenters. The van der Waals surface area contributed by atoms with Crippen molar-refractivity contribution in [3.63, 3.8) is 0 Å². The highest BCUT2D eigenvalue weighted by atomic mass is 19.1. The highest BCUT2D eigenvalue weighted by Crippen LogP contribution is 2.34. The highest BCUT2D eigenvalue weighted by molar-refractivity contribution is 5.20. The molecule has 0 aromatic heterocycles. The van der Waals surface area contributed by atoms with E-state index in [1.807, 2.05) is 0 Å². The van der Waals surface area contributed by atoms with E-state index in [1.54, 1.807) is 0 Å². The number of hydrazine groups is 1. The van der Waals surface area contributed by atoms with Gasteiger partial charge in [-0.3, -0.25) is 11.3 Å². The van der Waals surface area contributed by atoms with E-state index in [0.29, 0.717) is 6.42 Å². The summed E-state index contributed by atoms with van der Waals surface area (Å²) in [5.41, 5.74) is 2.79. The third kappa shape index (κ3) is 3.48. The number of hydrogen-bond donors (Lipinski definition) is 2. The summed E-state index contributed by atoms with van der Waals surface area (Å²) in [6.45, 7) is 0. The first-order valence-electron chi connectivity index (χ1n) is 6.09. The molecule has 17 heavy (non-hydrogen) atoms. The molecule has 0 saturated heterocycles. The molecule has 0 heterocycles. The van der Waals surface area contributed by atoms with E-state index in [9.17, 15) is 8.78 Å². The van der Waals surface area contributed by atoms with Gasteiger partial charge in [0.2, 0.25) is 0 Å². The van der Waals surface area contributed by atoms with Crippen molar-refractivity contribution in [1.82, 2.24) is 5.43 Å². The second-order valence-corrected chi connectivity index (χ2v) is 4.79. The summed E-state index contributed by atoms with van der Waals surface area (Å²) in [7, 11) is 0. The van der Waals surface area contributed by atoms with Crippen LogP contribution in [0.5, 0.6) is 0 Å². The van der Waals surface area contributed by atoms with Crippen molar-refractivity contribution in [2.45, 2.75) is 38.1 Å². The van der Waals surface area contributed by atoms with Gasteiger partial charge in [-0.25, -0.2) is 8.78 Å². The van der Waals surface area contributed by atoms with E-state index in [2.05, 4.69) is 5.43 Å². The second kappa shape index (κ2) is 5.56. The Hall–Kier alpha value is -1.00. The summed E-state index contributed by atoms with van der Waals surface area (Å²) in [6, 6.07) is 3.89. The Morgan fingerprint density at radius 3 is 2.47 bits per heavy atom. The van der Waals surface area contributed by atoms with Crippen LogP contribution in [0.15, 0.2) is 18.2 Å². The van der Waals surface area contributed by atoms with Gasteiger partial charge in [-0.05, 0) is 37.3 Å². The van der Waals surface area contributed by atoms with Gasteiger partial charge in [0.25, 0.3) is 0 Å². The average molecular weight is 240 g/mol. The zero-order valence-corrected chi connectivity index (χ0v) is 9.76. The molecule has 1 saturated carbocycles. The largest absolute Gasteiger partial charge is 0.271 e. The van der Waals surface area contributed by atoms with Crippen molar-refractivity contribution in [1.29, 1.82) is 0 Å².